The summed E-state index contributed by atoms with van der Waals surface area (Å²) >= 11 is 0. The van der Waals surface area contributed by atoms with Crippen LogP contribution in [0.4, 0.5) is 0 Å². The summed E-state index contributed by atoms with van der Waals surface area (Å²) in [4.78, 5) is 37.4. The Hall–Kier alpha value is -2.63. The maximum atomic E-state index is 12.8. The van der Waals surface area contributed by atoms with E-state index < -0.39 is 17.4 Å². The summed E-state index contributed by atoms with van der Waals surface area (Å²) in [6.07, 6.45) is 2.86. The summed E-state index contributed by atoms with van der Waals surface area (Å²) in [6.45, 7) is 1.78. The fourth-order valence-electron chi connectivity index (χ4n) is 4.47. The Kier molecular flexibility index (Phi) is 5.09. The molecule has 3 rings (SSSR count). The van der Waals surface area contributed by atoms with Crippen molar-refractivity contribution >= 4 is 17.7 Å². The van der Waals surface area contributed by atoms with E-state index in [1.165, 1.54) is 20.3 Å². The van der Waals surface area contributed by atoms with E-state index >= 15 is 0 Å². The predicted molar refractivity (Wildman–Crippen MR) is 97.6 cm³/mol. The molecule has 0 amide bonds. The highest BCUT2D eigenvalue weighted by Crippen LogP contribution is 2.55. The zero-order valence-corrected chi connectivity index (χ0v) is 16.0. The Morgan fingerprint density at radius 2 is 1.89 bits per heavy atom. The van der Waals surface area contributed by atoms with Gasteiger partial charge in [-0.05, 0) is 54.9 Å². The number of carbonyl (C=O) groups is 3. The number of esters is 2. The van der Waals surface area contributed by atoms with Crippen LogP contribution in [0.1, 0.15) is 48.0 Å². The number of rotatable bonds is 3. The van der Waals surface area contributed by atoms with Gasteiger partial charge in [-0.1, -0.05) is 6.07 Å². The minimum absolute atomic E-state index is 0.0185. The van der Waals surface area contributed by atoms with E-state index in [0.29, 0.717) is 23.3 Å². The molecule has 0 radical (unpaired) electrons. The second-order valence-electron chi connectivity index (χ2n) is 7.28. The second-order valence-corrected chi connectivity index (χ2v) is 7.28. The molecule has 0 heterocycles. The molecule has 0 aromatic heterocycles. The average Bonchev–Trinajstić information content (AvgIpc) is 2.69. The van der Waals surface area contributed by atoms with Gasteiger partial charge < -0.3 is 14.2 Å². The first-order valence-corrected chi connectivity index (χ1v) is 8.95. The first-order chi connectivity index (χ1) is 12.8. The van der Waals surface area contributed by atoms with Gasteiger partial charge >= 0.3 is 11.9 Å². The lowest BCUT2D eigenvalue weighted by Gasteiger charge is -2.45. The lowest BCUT2D eigenvalue weighted by Crippen LogP contribution is -2.43. The molecule has 2 aliphatic carbocycles. The Balaban J connectivity index is 2.11. The minimum atomic E-state index is -0.950. The van der Waals surface area contributed by atoms with E-state index in [-0.39, 0.29) is 24.0 Å². The lowest BCUT2D eigenvalue weighted by molar-refractivity contribution is -0.151. The lowest BCUT2D eigenvalue weighted by atomic mass is 9.57. The van der Waals surface area contributed by atoms with Crippen LogP contribution in [0.3, 0.4) is 0 Å². The van der Waals surface area contributed by atoms with Crippen molar-refractivity contribution in [3.05, 3.63) is 41.0 Å². The minimum Gasteiger partial charge on any atom is -0.497 e. The van der Waals surface area contributed by atoms with Gasteiger partial charge in [-0.15, -0.1) is 0 Å². The molecule has 1 fully saturated rings. The van der Waals surface area contributed by atoms with E-state index in [9.17, 15) is 14.4 Å². The van der Waals surface area contributed by atoms with Crippen molar-refractivity contribution in [3.63, 3.8) is 0 Å². The monoisotopic (exact) mass is 372 g/mol. The number of hydrogen-bond acceptors (Lipinski definition) is 6. The fraction of sp³-hybridized carbons (Fsp3) is 0.476. The predicted octanol–water partition coefficient (Wildman–Crippen LogP) is 3.05. The zero-order chi connectivity index (χ0) is 19.8. The Morgan fingerprint density at radius 1 is 1.15 bits per heavy atom. The van der Waals surface area contributed by atoms with Crippen molar-refractivity contribution in [2.75, 3.05) is 21.3 Å². The van der Waals surface area contributed by atoms with E-state index in [2.05, 4.69) is 0 Å². The molecule has 27 heavy (non-hydrogen) atoms. The van der Waals surface area contributed by atoms with Crippen molar-refractivity contribution in [2.24, 2.45) is 11.3 Å². The summed E-state index contributed by atoms with van der Waals surface area (Å²) in [6, 6.07) is 5.53. The largest absolute Gasteiger partial charge is 0.497 e. The van der Waals surface area contributed by atoms with Crippen LogP contribution >= 0.6 is 0 Å². The molecule has 0 saturated heterocycles. The van der Waals surface area contributed by atoms with E-state index in [1.807, 2.05) is 12.1 Å². The number of hydrogen-bond donors (Lipinski definition) is 0. The van der Waals surface area contributed by atoms with Crippen LogP contribution in [0, 0.1) is 11.3 Å². The molecular weight excluding hydrogens is 348 g/mol. The molecule has 1 aromatic rings. The van der Waals surface area contributed by atoms with E-state index in [1.54, 1.807) is 20.1 Å². The molecule has 2 aliphatic rings. The van der Waals surface area contributed by atoms with Gasteiger partial charge in [0, 0.05) is 18.1 Å². The molecule has 0 aliphatic heterocycles. The number of ketones is 1. The Bertz CT molecular complexity index is 824. The zero-order valence-electron chi connectivity index (χ0n) is 16.0. The summed E-state index contributed by atoms with van der Waals surface area (Å²) < 4.78 is 15.1. The second kappa shape index (κ2) is 7.18. The molecule has 6 heteroatoms. The number of fused-ring (bicyclic) bond motifs is 3. The van der Waals surface area contributed by atoms with Gasteiger partial charge in [-0.25, -0.2) is 4.79 Å². The van der Waals surface area contributed by atoms with Crippen molar-refractivity contribution < 1.29 is 28.6 Å². The first kappa shape index (κ1) is 19.1. The van der Waals surface area contributed by atoms with Gasteiger partial charge in [-0.3, -0.25) is 9.59 Å². The quantitative estimate of drug-likeness (QED) is 0.599. The van der Waals surface area contributed by atoms with Crippen LogP contribution in [0.2, 0.25) is 0 Å². The third-order valence-electron chi connectivity index (χ3n) is 5.95. The van der Waals surface area contributed by atoms with E-state index in [4.69, 9.17) is 14.2 Å². The van der Waals surface area contributed by atoms with Crippen molar-refractivity contribution in [1.82, 2.24) is 0 Å². The summed E-state index contributed by atoms with van der Waals surface area (Å²) in [5, 5.41) is 0. The smallest absolute Gasteiger partial charge is 0.330 e. The van der Waals surface area contributed by atoms with Crippen LogP contribution in [-0.2, 0) is 19.1 Å². The first-order valence-electron chi connectivity index (χ1n) is 8.95. The number of carbonyl (C=O) groups excluding carboxylic acids is 3. The van der Waals surface area contributed by atoms with Crippen molar-refractivity contribution in [2.45, 2.75) is 32.1 Å². The highest BCUT2D eigenvalue weighted by Gasteiger charge is 2.50. The molecule has 1 saturated carbocycles. The van der Waals surface area contributed by atoms with Gasteiger partial charge in [-0.2, -0.15) is 0 Å². The summed E-state index contributed by atoms with van der Waals surface area (Å²) in [7, 11) is 4.20. The van der Waals surface area contributed by atoms with Gasteiger partial charge in [0.2, 0.25) is 0 Å². The van der Waals surface area contributed by atoms with Gasteiger partial charge in [0.25, 0.3) is 0 Å². The van der Waals surface area contributed by atoms with Gasteiger partial charge in [0.15, 0.2) is 5.78 Å². The van der Waals surface area contributed by atoms with Gasteiger partial charge in [0.1, 0.15) is 5.75 Å². The maximum absolute atomic E-state index is 12.8. The number of Topliss-reactive ketones (excluding diaryl/α,β-unsaturated/α-hetero) is 1. The number of ether oxygens (including phenoxy) is 3. The van der Waals surface area contributed by atoms with Crippen LogP contribution < -0.4 is 4.74 Å². The summed E-state index contributed by atoms with van der Waals surface area (Å²) in [5.74, 6) is -0.499. The molecule has 6 nitrogen and oxygen atoms in total. The van der Waals surface area contributed by atoms with Crippen LogP contribution in [0.15, 0.2) is 29.8 Å². The number of benzene rings is 1. The third-order valence-corrected chi connectivity index (χ3v) is 5.95. The molecule has 1 aromatic carbocycles. The van der Waals surface area contributed by atoms with Crippen molar-refractivity contribution in [3.8, 4) is 5.75 Å². The maximum Gasteiger partial charge on any atom is 0.330 e. The highest BCUT2D eigenvalue weighted by molar-refractivity contribution is 6.00. The SMILES string of the molecule is COC(=O)/C=C1\[C@H]2CC(=O)c3cc(OC)ccc3[C@H]2CC[C@]1(C)C(=O)OC. The fourth-order valence-corrected chi connectivity index (χ4v) is 4.47. The molecule has 0 N–H and O–H groups in total. The molecule has 3 atom stereocenters. The topological polar surface area (TPSA) is 78.9 Å². The molecular formula is C21H24O6. The molecule has 0 spiro atoms. The van der Waals surface area contributed by atoms with E-state index in [0.717, 1.165) is 12.0 Å². The normalized spacial score (nSPS) is 28.1. The molecule has 0 unspecified atom stereocenters. The van der Waals surface area contributed by atoms with Crippen LogP contribution in [0.5, 0.6) is 5.75 Å². The Morgan fingerprint density at radius 3 is 2.52 bits per heavy atom. The standard InChI is InChI=1S/C21H24O6/c1-21(20(24)27-4)8-7-14-13-6-5-12(25-2)9-16(13)18(22)10-15(14)17(21)11-19(23)26-3/h5-6,9,11,14-15H,7-8,10H2,1-4H3/b17-11+/t14-,15+,21+/m1/s1. The third kappa shape index (κ3) is 3.13. The van der Waals surface area contributed by atoms with Crippen LogP contribution in [-0.4, -0.2) is 39.1 Å². The van der Waals surface area contributed by atoms with Crippen molar-refractivity contribution in [1.29, 1.82) is 0 Å². The van der Waals surface area contributed by atoms with Crippen LogP contribution in [0.25, 0.3) is 0 Å². The summed E-state index contributed by atoms with van der Waals surface area (Å²) in [5.41, 5.74) is 1.27. The highest BCUT2D eigenvalue weighted by atomic mass is 16.5. The van der Waals surface area contributed by atoms with Gasteiger partial charge in [0.05, 0.1) is 26.7 Å². The number of methoxy groups -OCH3 is 3. The molecule has 0 bridgehead atoms. The average molecular weight is 372 g/mol. The molecule has 144 valence electrons. The Labute approximate surface area is 158 Å².